The van der Waals surface area contributed by atoms with Gasteiger partial charge in [0.15, 0.2) is 5.96 Å². The second kappa shape index (κ2) is 11.5. The minimum Gasteiger partial charge on any atom is -0.355 e. The van der Waals surface area contributed by atoms with E-state index in [1.807, 2.05) is 12.1 Å². The lowest BCUT2D eigenvalue weighted by Gasteiger charge is -2.19. The minimum absolute atomic E-state index is 0. The van der Waals surface area contributed by atoms with Crippen LogP contribution in [0.15, 0.2) is 29.3 Å². The van der Waals surface area contributed by atoms with Crippen molar-refractivity contribution < 1.29 is 13.2 Å². The normalized spacial score (nSPS) is 12.0. The number of hydrogen-bond acceptors (Lipinski definition) is 2. The highest BCUT2D eigenvalue weighted by Crippen LogP contribution is 2.15. The average molecular weight is 458 g/mol. The van der Waals surface area contributed by atoms with Crippen LogP contribution in [0.3, 0.4) is 0 Å². The zero-order valence-electron chi connectivity index (χ0n) is 14.3. The van der Waals surface area contributed by atoms with Crippen LogP contribution >= 0.6 is 24.0 Å². The predicted molar refractivity (Wildman–Crippen MR) is 103 cm³/mol. The van der Waals surface area contributed by atoms with Gasteiger partial charge in [-0.25, -0.2) is 0 Å². The van der Waals surface area contributed by atoms with E-state index in [4.69, 9.17) is 0 Å². The second-order valence-corrected chi connectivity index (χ2v) is 5.33. The van der Waals surface area contributed by atoms with Crippen LogP contribution in [0.2, 0.25) is 0 Å². The van der Waals surface area contributed by atoms with Gasteiger partial charge in [0.25, 0.3) is 0 Å². The van der Waals surface area contributed by atoms with Crippen molar-refractivity contribution >= 4 is 29.9 Å². The molecule has 0 aromatic heterocycles. The van der Waals surface area contributed by atoms with Gasteiger partial charge in [-0.2, -0.15) is 13.2 Å². The Bertz CT molecular complexity index is 506. The highest BCUT2D eigenvalue weighted by molar-refractivity contribution is 14.0. The number of nitrogens with one attached hydrogen (secondary N) is 2. The molecular weight excluding hydrogens is 432 g/mol. The summed E-state index contributed by atoms with van der Waals surface area (Å²) < 4.78 is 36.7. The molecule has 1 rings (SSSR count). The summed E-state index contributed by atoms with van der Waals surface area (Å²) in [7, 11) is 3.09. The Morgan fingerprint density at radius 1 is 1.17 bits per heavy atom. The first-order valence-corrected chi connectivity index (χ1v) is 7.62. The highest BCUT2D eigenvalue weighted by atomic mass is 127. The van der Waals surface area contributed by atoms with E-state index >= 15 is 0 Å². The molecule has 1 aromatic rings. The topological polar surface area (TPSA) is 39.7 Å². The Kier molecular flexibility index (Phi) is 11.0. The molecule has 0 fully saturated rings. The Hall–Kier alpha value is -1.03. The number of hydrogen-bond donors (Lipinski definition) is 2. The molecule has 1 aromatic carbocycles. The van der Waals surface area contributed by atoms with Crippen LogP contribution in [0.5, 0.6) is 0 Å². The summed E-state index contributed by atoms with van der Waals surface area (Å²) in [5.41, 5.74) is 2.45. The maximum absolute atomic E-state index is 12.2. The Morgan fingerprint density at radius 3 is 2.33 bits per heavy atom. The molecule has 0 aliphatic carbocycles. The standard InChI is InChI=1S/C16H25F3N4.HI/c1-4-13-7-5-6-8-14(13)11-22-15(20-2)21-9-10-23(3)12-16(17,18)19;/h5-8H,4,9-12H2,1-3H3,(H2,20,21,22);1H. The largest absolute Gasteiger partial charge is 0.401 e. The Morgan fingerprint density at radius 2 is 1.79 bits per heavy atom. The fraction of sp³-hybridized carbons (Fsp3) is 0.562. The molecule has 8 heteroatoms. The van der Waals surface area contributed by atoms with Crippen LogP contribution in [-0.4, -0.2) is 50.8 Å². The number of alkyl halides is 3. The smallest absolute Gasteiger partial charge is 0.355 e. The molecule has 0 saturated carbocycles. The molecule has 4 nitrogen and oxygen atoms in total. The molecule has 24 heavy (non-hydrogen) atoms. The molecule has 0 bridgehead atoms. The molecule has 0 saturated heterocycles. The fourth-order valence-corrected chi connectivity index (χ4v) is 2.22. The van der Waals surface area contributed by atoms with Crippen molar-refractivity contribution in [2.24, 2.45) is 4.99 Å². The molecule has 138 valence electrons. The van der Waals surface area contributed by atoms with E-state index in [1.54, 1.807) is 7.05 Å². The van der Waals surface area contributed by atoms with E-state index in [0.717, 1.165) is 6.42 Å². The van der Waals surface area contributed by atoms with Crippen molar-refractivity contribution in [3.63, 3.8) is 0 Å². The number of aryl methyl sites for hydroxylation is 1. The van der Waals surface area contributed by atoms with Crippen LogP contribution in [0.25, 0.3) is 0 Å². The van der Waals surface area contributed by atoms with Crippen LogP contribution in [0, 0.1) is 0 Å². The molecule has 0 atom stereocenters. The lowest BCUT2D eigenvalue weighted by molar-refractivity contribution is -0.142. The molecule has 0 unspecified atom stereocenters. The van der Waals surface area contributed by atoms with Crippen molar-refractivity contribution in [2.45, 2.75) is 26.1 Å². The third kappa shape index (κ3) is 9.31. The number of likely N-dealkylation sites (N-methyl/N-ethyl adjacent to an activating group) is 1. The van der Waals surface area contributed by atoms with Gasteiger partial charge >= 0.3 is 6.18 Å². The number of nitrogens with zero attached hydrogens (tertiary/aromatic N) is 2. The van der Waals surface area contributed by atoms with Crippen molar-refractivity contribution in [2.75, 3.05) is 33.7 Å². The quantitative estimate of drug-likeness (QED) is 0.375. The van der Waals surface area contributed by atoms with Crippen LogP contribution < -0.4 is 10.6 Å². The monoisotopic (exact) mass is 458 g/mol. The summed E-state index contributed by atoms with van der Waals surface area (Å²) in [6, 6.07) is 8.12. The first kappa shape index (κ1) is 23.0. The van der Waals surface area contributed by atoms with Gasteiger partial charge in [-0.15, -0.1) is 24.0 Å². The zero-order valence-corrected chi connectivity index (χ0v) is 16.6. The lowest BCUT2D eigenvalue weighted by atomic mass is 10.1. The summed E-state index contributed by atoms with van der Waals surface area (Å²) in [5.74, 6) is 0.580. The molecule has 0 radical (unpaired) electrons. The first-order valence-electron chi connectivity index (χ1n) is 7.62. The summed E-state index contributed by atoms with van der Waals surface area (Å²) in [5, 5.41) is 6.20. The van der Waals surface area contributed by atoms with E-state index in [2.05, 4.69) is 34.7 Å². The van der Waals surface area contributed by atoms with Gasteiger partial charge in [0.2, 0.25) is 0 Å². The SMILES string of the molecule is CCc1ccccc1CNC(=NC)NCCN(C)CC(F)(F)F.I. The first-order chi connectivity index (χ1) is 10.9. The number of halogens is 4. The Balaban J connectivity index is 0.00000529. The van der Waals surface area contributed by atoms with Gasteiger partial charge in [0.05, 0.1) is 6.54 Å². The third-order valence-electron chi connectivity index (χ3n) is 3.40. The average Bonchev–Trinajstić information content (AvgIpc) is 2.49. The van der Waals surface area contributed by atoms with E-state index in [1.165, 1.54) is 23.1 Å². The van der Waals surface area contributed by atoms with E-state index in [0.29, 0.717) is 19.0 Å². The van der Waals surface area contributed by atoms with Gasteiger partial charge in [0.1, 0.15) is 0 Å². The molecular formula is C16H26F3IN4. The van der Waals surface area contributed by atoms with Gasteiger partial charge in [-0.3, -0.25) is 9.89 Å². The maximum Gasteiger partial charge on any atom is 0.401 e. The highest BCUT2D eigenvalue weighted by Gasteiger charge is 2.28. The fourth-order valence-electron chi connectivity index (χ4n) is 2.22. The number of rotatable bonds is 7. The maximum atomic E-state index is 12.2. The molecule has 0 amide bonds. The summed E-state index contributed by atoms with van der Waals surface area (Å²) >= 11 is 0. The van der Waals surface area contributed by atoms with Crippen molar-refractivity contribution in [3.8, 4) is 0 Å². The van der Waals surface area contributed by atoms with Gasteiger partial charge in [-0.1, -0.05) is 31.2 Å². The van der Waals surface area contributed by atoms with E-state index < -0.39 is 12.7 Å². The number of aliphatic imine (C=N–C) groups is 1. The minimum atomic E-state index is -4.17. The predicted octanol–water partition coefficient (Wildman–Crippen LogP) is 3.03. The zero-order chi connectivity index (χ0) is 17.3. The Labute approximate surface area is 158 Å². The van der Waals surface area contributed by atoms with Gasteiger partial charge < -0.3 is 10.6 Å². The summed E-state index contributed by atoms with van der Waals surface area (Å²) in [6.07, 6.45) is -3.22. The van der Waals surface area contributed by atoms with E-state index in [9.17, 15) is 13.2 Å². The van der Waals surface area contributed by atoms with Crippen LogP contribution in [-0.2, 0) is 13.0 Å². The molecule has 0 heterocycles. The van der Waals surface area contributed by atoms with Crippen LogP contribution in [0.4, 0.5) is 13.2 Å². The van der Waals surface area contributed by atoms with Crippen molar-refractivity contribution in [1.82, 2.24) is 15.5 Å². The van der Waals surface area contributed by atoms with E-state index in [-0.39, 0.29) is 30.5 Å². The summed E-state index contributed by atoms with van der Waals surface area (Å²) in [6.45, 7) is 2.49. The third-order valence-corrected chi connectivity index (χ3v) is 3.40. The molecule has 0 aliphatic rings. The van der Waals surface area contributed by atoms with Gasteiger partial charge in [0, 0.05) is 26.7 Å². The number of guanidine groups is 1. The molecule has 0 aliphatic heterocycles. The van der Waals surface area contributed by atoms with Crippen LogP contribution in [0.1, 0.15) is 18.1 Å². The molecule has 2 N–H and O–H groups in total. The van der Waals surface area contributed by atoms with Gasteiger partial charge in [-0.05, 0) is 24.6 Å². The lowest BCUT2D eigenvalue weighted by Crippen LogP contribution is -2.42. The molecule has 0 spiro atoms. The summed E-state index contributed by atoms with van der Waals surface area (Å²) in [4.78, 5) is 5.31. The second-order valence-electron chi connectivity index (χ2n) is 5.33. The van der Waals surface area contributed by atoms with Crippen molar-refractivity contribution in [3.05, 3.63) is 35.4 Å². The number of benzene rings is 1. The van der Waals surface area contributed by atoms with Crippen molar-refractivity contribution in [1.29, 1.82) is 0 Å².